The van der Waals surface area contributed by atoms with Crippen LogP contribution in [-0.4, -0.2) is 37.3 Å². The fraction of sp³-hybridized carbons (Fsp3) is 0.481. The summed E-state index contributed by atoms with van der Waals surface area (Å²) >= 11 is 0.212. The third-order valence-corrected chi connectivity index (χ3v) is 10.1. The van der Waals surface area contributed by atoms with Crippen LogP contribution in [0.3, 0.4) is 0 Å². The van der Waals surface area contributed by atoms with Gasteiger partial charge in [0.2, 0.25) is 0 Å². The minimum atomic E-state index is -0.0424. The van der Waals surface area contributed by atoms with E-state index in [1.807, 2.05) is 24.3 Å². The molecule has 1 heterocycles. The Labute approximate surface area is 214 Å². The fourth-order valence-corrected chi connectivity index (χ4v) is 7.08. The van der Waals surface area contributed by atoms with Crippen LogP contribution in [0.2, 0.25) is 0 Å². The molecule has 7 heteroatoms. The van der Waals surface area contributed by atoms with E-state index in [2.05, 4.69) is 41.6 Å². The number of hydrogen-bond donors (Lipinski definition) is 5. The van der Waals surface area contributed by atoms with Crippen LogP contribution < -0.4 is 42.4 Å². The Hall–Kier alpha value is -2.29. The molecule has 2 unspecified atom stereocenters. The molecule has 1 saturated carbocycles. The van der Waals surface area contributed by atoms with Gasteiger partial charge in [0.15, 0.2) is 6.04 Å². The summed E-state index contributed by atoms with van der Waals surface area (Å²) in [6.45, 7) is 8.43. The monoisotopic (exact) mass is 578 g/mol. The summed E-state index contributed by atoms with van der Waals surface area (Å²) in [5, 5.41) is 13.6. The van der Waals surface area contributed by atoms with Crippen LogP contribution in [-0.2, 0) is 4.79 Å². The van der Waals surface area contributed by atoms with Gasteiger partial charge in [-0.3, -0.25) is 0 Å². The van der Waals surface area contributed by atoms with E-state index in [1.165, 1.54) is 23.7 Å². The fourth-order valence-electron chi connectivity index (χ4n) is 4.14. The standard InChI is InChI=1S/C27H38IN4O2/c1-4-22(6-5-7-26(33)29-25-15-10-20(3)28-18-25)31-32-24-16-11-21(12-17-24)27(34)30-23-13-8-19(2)9-14-23/h4-7,11-12,16-17,19-20,23,25,31-32H,1,8-10,13-15,18H2,2-3H3,(H,29,33)(H,30,34)/q-1/p+1/b7-5+,22-6+. The van der Waals surface area contributed by atoms with Gasteiger partial charge in [-0.1, -0.05) is 6.92 Å². The Balaban J connectivity index is 1.45. The van der Waals surface area contributed by atoms with Crippen molar-refractivity contribution in [2.45, 2.75) is 68.4 Å². The minimum absolute atomic E-state index is 0.0424. The molecule has 5 N–H and O–H groups in total. The molecular formula is C27H39IN4O2. The molecule has 0 aromatic heterocycles. The molecule has 0 radical (unpaired) electrons. The molecule has 0 bridgehead atoms. The molecule has 34 heavy (non-hydrogen) atoms. The maximum absolute atomic E-state index is 12.2. The van der Waals surface area contributed by atoms with Crippen LogP contribution in [0.5, 0.6) is 0 Å². The number of hydrazine groups is 1. The van der Waals surface area contributed by atoms with Gasteiger partial charge >= 0.3 is 143 Å². The van der Waals surface area contributed by atoms with Crippen LogP contribution in [0.25, 0.3) is 0 Å². The molecular weight excluding hydrogens is 539 g/mol. The van der Waals surface area contributed by atoms with Crippen molar-refractivity contribution in [1.29, 1.82) is 0 Å². The van der Waals surface area contributed by atoms with E-state index < -0.39 is 0 Å². The summed E-state index contributed by atoms with van der Waals surface area (Å²) in [5.41, 5.74) is 8.59. The summed E-state index contributed by atoms with van der Waals surface area (Å²) in [6.07, 6.45) is 13.7. The normalized spacial score (nSPS) is 26.4. The van der Waals surface area contributed by atoms with E-state index in [4.69, 9.17) is 0 Å². The topological polar surface area (TPSA) is 87.4 Å². The van der Waals surface area contributed by atoms with Crippen LogP contribution in [0.15, 0.2) is 60.8 Å². The SMILES string of the molecule is C=C/C(=C\C=C\C(=O)NC1CCC(C)[I-]C1)NNc1ccc(C(O)=[NH+]C2CCC(C)CC2)cc1. The number of benzene rings is 1. The minimum Gasteiger partial charge on any atom is -0.460 e. The van der Waals surface area contributed by atoms with Gasteiger partial charge in [-0.25, -0.2) is 4.99 Å². The van der Waals surface area contributed by atoms with Crippen LogP contribution in [0.1, 0.15) is 57.9 Å². The van der Waals surface area contributed by atoms with Crippen molar-refractivity contribution in [3.63, 3.8) is 0 Å². The zero-order valence-corrected chi connectivity index (χ0v) is 22.5. The zero-order valence-electron chi connectivity index (χ0n) is 20.3. The zero-order chi connectivity index (χ0) is 24.3. The number of aliphatic hydroxyl groups is 1. The molecule has 186 valence electrons. The predicted octanol–water partition coefficient (Wildman–Crippen LogP) is -0.0508. The van der Waals surface area contributed by atoms with Crippen molar-refractivity contribution in [1.82, 2.24) is 10.7 Å². The number of anilines is 1. The van der Waals surface area contributed by atoms with Crippen molar-refractivity contribution in [3.05, 3.63) is 66.4 Å². The number of halogens is 1. The van der Waals surface area contributed by atoms with Gasteiger partial charge in [-0.2, -0.15) is 0 Å². The maximum atomic E-state index is 12.2. The van der Waals surface area contributed by atoms with E-state index in [0.29, 0.717) is 12.1 Å². The van der Waals surface area contributed by atoms with Gasteiger partial charge in [0.1, 0.15) is 0 Å². The van der Waals surface area contributed by atoms with Crippen molar-refractivity contribution in [3.8, 4) is 0 Å². The van der Waals surface area contributed by atoms with E-state index in [0.717, 1.165) is 46.1 Å². The van der Waals surface area contributed by atoms with Gasteiger partial charge in [0.05, 0.1) is 5.56 Å². The first-order chi connectivity index (χ1) is 16.4. The molecule has 2 fully saturated rings. The Morgan fingerprint density at radius 1 is 1.12 bits per heavy atom. The quantitative estimate of drug-likeness (QED) is 0.0542. The second kappa shape index (κ2) is 13.6. The van der Waals surface area contributed by atoms with Gasteiger partial charge < -0.3 is 5.11 Å². The number of amides is 1. The number of nitrogens with one attached hydrogen (secondary N) is 4. The summed E-state index contributed by atoms with van der Waals surface area (Å²) in [7, 11) is 0. The van der Waals surface area contributed by atoms with Crippen molar-refractivity contribution in [2.24, 2.45) is 5.92 Å². The van der Waals surface area contributed by atoms with Gasteiger partial charge in [0, 0.05) is 12.8 Å². The molecule has 6 nitrogen and oxygen atoms in total. The van der Waals surface area contributed by atoms with Crippen LogP contribution in [0, 0.1) is 5.92 Å². The van der Waals surface area contributed by atoms with Crippen molar-refractivity contribution < 1.29 is 36.1 Å². The number of aliphatic hydroxyl groups excluding tert-OH is 1. The third kappa shape index (κ3) is 8.81. The molecule has 2 aliphatic rings. The first-order valence-electron chi connectivity index (χ1n) is 12.3. The van der Waals surface area contributed by atoms with Crippen LogP contribution in [0.4, 0.5) is 5.69 Å². The number of alkyl halides is 2. The van der Waals surface area contributed by atoms with E-state index in [-0.39, 0.29) is 33.0 Å². The van der Waals surface area contributed by atoms with Gasteiger partial charge in [-0.15, -0.1) is 0 Å². The molecule has 1 saturated heterocycles. The molecule has 1 aliphatic heterocycles. The van der Waals surface area contributed by atoms with Gasteiger partial charge in [-0.05, 0) is 30.9 Å². The summed E-state index contributed by atoms with van der Waals surface area (Å²) in [4.78, 5) is 15.4. The number of carbonyl (C=O) groups excluding carboxylic acids is 1. The van der Waals surface area contributed by atoms with E-state index in [1.54, 1.807) is 24.3 Å². The second-order valence-corrected chi connectivity index (χ2v) is 13.2. The van der Waals surface area contributed by atoms with Gasteiger partial charge in [0.25, 0.3) is 0 Å². The molecule has 1 aromatic carbocycles. The molecule has 3 rings (SSSR count). The summed E-state index contributed by atoms with van der Waals surface area (Å²) in [6, 6.07) is 8.26. The number of carbonyl (C=O) groups is 1. The van der Waals surface area contributed by atoms with Crippen molar-refractivity contribution in [2.75, 3.05) is 9.85 Å². The molecule has 0 spiro atoms. The average molecular weight is 579 g/mol. The van der Waals surface area contributed by atoms with E-state index in [9.17, 15) is 9.90 Å². The smallest absolute Gasteiger partial charge is 0.460 e. The number of hydrogen-bond acceptors (Lipinski definition) is 3. The predicted molar refractivity (Wildman–Crippen MR) is 135 cm³/mol. The number of rotatable bonds is 9. The number of allylic oxidation sites excluding steroid dienone is 3. The molecule has 2 atom stereocenters. The Morgan fingerprint density at radius 3 is 2.50 bits per heavy atom. The van der Waals surface area contributed by atoms with Crippen LogP contribution >= 0.6 is 0 Å². The molecule has 1 aliphatic carbocycles. The molecule has 1 amide bonds. The third-order valence-electron chi connectivity index (χ3n) is 6.41. The van der Waals surface area contributed by atoms with E-state index >= 15 is 0 Å². The Bertz CT molecular complexity index is 894. The average Bonchev–Trinajstić information content (AvgIpc) is 2.84. The first-order valence-corrected chi connectivity index (χ1v) is 15.0. The Morgan fingerprint density at radius 2 is 1.85 bits per heavy atom. The molecule has 1 aromatic rings. The van der Waals surface area contributed by atoms with Crippen molar-refractivity contribution >= 4 is 17.5 Å². The summed E-state index contributed by atoms with van der Waals surface area (Å²) < 4.78 is 2.05. The Kier molecular flexibility index (Phi) is 10.5. The summed E-state index contributed by atoms with van der Waals surface area (Å²) in [5.74, 6) is 0.977. The second-order valence-electron chi connectivity index (χ2n) is 9.33. The first kappa shape index (κ1) is 26.3.